The minimum atomic E-state index is -1.01. The number of nitrogens with two attached hydrogens (primary N) is 1. The number of fused-ring (bicyclic) bond motifs is 1. The van der Waals surface area contributed by atoms with E-state index in [1.54, 1.807) is 25.7 Å². The zero-order chi connectivity index (χ0) is 32.6. The maximum absolute atomic E-state index is 14.9. The van der Waals surface area contributed by atoms with Gasteiger partial charge in [-0.15, -0.1) is 0 Å². The summed E-state index contributed by atoms with van der Waals surface area (Å²) in [4.78, 5) is 57.3. The first-order valence-electron chi connectivity index (χ1n) is 17.8. The molecule has 4 amide bonds. The number of hydrogen-bond acceptors (Lipinski definition) is 7. The fourth-order valence-electron chi connectivity index (χ4n) is 13.0. The Kier molecular flexibility index (Phi) is 6.60. The van der Waals surface area contributed by atoms with Crippen LogP contribution in [-0.4, -0.2) is 79.9 Å². The molecule has 0 aromatic carbocycles. The minimum absolute atomic E-state index is 0.0607. The zero-order valence-corrected chi connectivity index (χ0v) is 27.6. The summed E-state index contributed by atoms with van der Waals surface area (Å²) in [5.74, 6) is 0.0619. The summed E-state index contributed by atoms with van der Waals surface area (Å²) in [7, 11) is 0. The molecule has 11 nitrogen and oxygen atoms in total. The molecule has 0 radical (unpaired) electrons. The first-order valence-corrected chi connectivity index (χ1v) is 17.8. The fraction of sp³-hybridized carbons (Fsp3) is 0.886. The van der Waals surface area contributed by atoms with Crippen LogP contribution in [0.1, 0.15) is 111 Å². The summed E-state index contributed by atoms with van der Waals surface area (Å²) < 4.78 is 5.66. The van der Waals surface area contributed by atoms with Crippen molar-refractivity contribution in [2.24, 2.45) is 46.2 Å². The molecule has 4 unspecified atom stereocenters. The van der Waals surface area contributed by atoms with E-state index < -0.39 is 63.7 Å². The van der Waals surface area contributed by atoms with Gasteiger partial charge in [0.25, 0.3) is 0 Å². The van der Waals surface area contributed by atoms with E-state index in [2.05, 4.69) is 10.6 Å². The molecule has 10 aliphatic rings. The fourth-order valence-corrected chi connectivity index (χ4v) is 13.0. The molecule has 9 saturated carbocycles. The van der Waals surface area contributed by atoms with Gasteiger partial charge >= 0.3 is 6.09 Å². The Morgan fingerprint density at radius 1 is 0.761 bits per heavy atom. The molecule has 10 fully saturated rings. The van der Waals surface area contributed by atoms with Gasteiger partial charge in [-0.05, 0) is 140 Å². The quantitative estimate of drug-likeness (QED) is 0.285. The van der Waals surface area contributed by atoms with E-state index in [4.69, 9.17) is 10.5 Å². The van der Waals surface area contributed by atoms with Gasteiger partial charge in [-0.25, -0.2) is 4.79 Å². The molecule has 46 heavy (non-hydrogen) atoms. The molecule has 0 aromatic rings. The van der Waals surface area contributed by atoms with E-state index >= 15 is 0 Å². The third kappa shape index (κ3) is 5.04. The van der Waals surface area contributed by atoms with Crippen LogP contribution >= 0.6 is 0 Å². The molecule has 11 heteroatoms. The second kappa shape index (κ2) is 9.83. The smallest absolute Gasteiger partial charge is 0.408 e. The van der Waals surface area contributed by atoms with Crippen molar-refractivity contribution < 1.29 is 34.1 Å². The van der Waals surface area contributed by atoms with Gasteiger partial charge in [-0.1, -0.05) is 0 Å². The molecular formula is C35H52N4O7. The van der Waals surface area contributed by atoms with Crippen molar-refractivity contribution in [1.82, 2.24) is 15.5 Å². The third-order valence-corrected chi connectivity index (χ3v) is 13.5. The Bertz CT molecular complexity index is 1330. The Morgan fingerprint density at radius 3 is 1.72 bits per heavy atom. The summed E-state index contributed by atoms with van der Waals surface area (Å²) >= 11 is 0. The largest absolute Gasteiger partial charge is 0.444 e. The van der Waals surface area contributed by atoms with Crippen LogP contribution in [0, 0.1) is 40.4 Å². The average molecular weight is 641 g/mol. The Balaban J connectivity index is 1.16. The van der Waals surface area contributed by atoms with Gasteiger partial charge in [0.15, 0.2) is 0 Å². The molecule has 1 aliphatic heterocycles. The molecule has 8 bridgehead atoms. The van der Waals surface area contributed by atoms with Crippen LogP contribution in [0.5, 0.6) is 0 Å². The van der Waals surface area contributed by atoms with Crippen LogP contribution in [0.3, 0.4) is 0 Å². The van der Waals surface area contributed by atoms with Crippen LogP contribution < -0.4 is 16.4 Å². The predicted octanol–water partition coefficient (Wildman–Crippen LogP) is 2.50. The van der Waals surface area contributed by atoms with Crippen LogP contribution in [-0.2, 0) is 19.1 Å². The third-order valence-electron chi connectivity index (χ3n) is 13.5. The maximum atomic E-state index is 14.9. The molecule has 1 saturated heterocycles. The number of carbonyl (C=O) groups excluding carboxylic acids is 4. The van der Waals surface area contributed by atoms with Crippen LogP contribution in [0.2, 0.25) is 0 Å². The molecule has 1 heterocycles. The van der Waals surface area contributed by atoms with Gasteiger partial charge in [0.2, 0.25) is 17.7 Å². The van der Waals surface area contributed by atoms with Crippen molar-refractivity contribution in [2.45, 2.75) is 152 Å². The SMILES string of the molecule is CC(C)(C)OC(=O)N[C@H](C(=O)N[C@H](C(=O)N1[C@H](C(N)=O)C[C@@H]2C[C@@H]21)C12CC3CC(CC(O)(C3)C1)C2)C12CC3CC(CC(O)(C3)C1)C2. The molecule has 6 N–H and O–H groups in total. The van der Waals surface area contributed by atoms with Crippen molar-refractivity contribution >= 4 is 23.8 Å². The highest BCUT2D eigenvalue weighted by atomic mass is 16.6. The lowest BCUT2D eigenvalue weighted by Crippen LogP contribution is -2.70. The highest BCUT2D eigenvalue weighted by molar-refractivity contribution is 5.95. The number of alkyl carbamates (subject to hydrolysis) is 1. The number of hydrogen-bond donors (Lipinski definition) is 5. The number of nitrogens with zero attached hydrogens (tertiary/aromatic N) is 1. The van der Waals surface area contributed by atoms with Crippen LogP contribution in [0.25, 0.3) is 0 Å². The molecule has 9 atom stereocenters. The highest BCUT2D eigenvalue weighted by Gasteiger charge is 2.66. The van der Waals surface area contributed by atoms with Gasteiger partial charge in [-0.3, -0.25) is 14.4 Å². The second-order valence-electron chi connectivity index (χ2n) is 18.6. The first-order chi connectivity index (χ1) is 21.5. The molecule has 0 aromatic heterocycles. The maximum Gasteiger partial charge on any atom is 0.408 e. The van der Waals surface area contributed by atoms with E-state index in [0.717, 1.165) is 32.1 Å². The number of rotatable bonds is 7. The number of nitrogens with one attached hydrogen (secondary N) is 2. The van der Waals surface area contributed by atoms with E-state index in [0.29, 0.717) is 57.8 Å². The summed E-state index contributed by atoms with van der Waals surface area (Å²) in [5.41, 5.74) is 1.98. The summed E-state index contributed by atoms with van der Waals surface area (Å²) in [6.45, 7) is 5.33. The minimum Gasteiger partial charge on any atom is -0.444 e. The molecule has 10 rings (SSSR count). The van der Waals surface area contributed by atoms with Gasteiger partial charge in [0.05, 0.1) is 11.2 Å². The Labute approximate surface area is 271 Å². The van der Waals surface area contributed by atoms with E-state index in [1.807, 2.05) is 0 Å². The van der Waals surface area contributed by atoms with E-state index in [-0.39, 0.29) is 41.5 Å². The van der Waals surface area contributed by atoms with Crippen molar-refractivity contribution in [3.8, 4) is 0 Å². The molecule has 0 spiro atoms. The number of carbonyl (C=O) groups is 4. The Morgan fingerprint density at radius 2 is 1.26 bits per heavy atom. The second-order valence-corrected chi connectivity index (χ2v) is 18.6. The number of amides is 4. The number of piperidine rings is 1. The average Bonchev–Trinajstić information content (AvgIpc) is 3.54. The van der Waals surface area contributed by atoms with Crippen LogP contribution in [0.15, 0.2) is 0 Å². The lowest BCUT2D eigenvalue weighted by molar-refractivity contribution is -0.187. The van der Waals surface area contributed by atoms with Crippen molar-refractivity contribution in [2.75, 3.05) is 0 Å². The molecular weight excluding hydrogens is 588 g/mol. The summed E-state index contributed by atoms with van der Waals surface area (Å²) in [5, 5.41) is 29.5. The number of likely N-dealkylation sites (tertiary alicyclic amines) is 1. The normalized spacial score (nSPS) is 47.2. The van der Waals surface area contributed by atoms with Gasteiger partial charge in [0.1, 0.15) is 23.7 Å². The molecule has 9 aliphatic carbocycles. The van der Waals surface area contributed by atoms with E-state index in [9.17, 15) is 29.4 Å². The topological polar surface area (TPSA) is 171 Å². The highest BCUT2D eigenvalue weighted by Crippen LogP contribution is 2.65. The van der Waals surface area contributed by atoms with Crippen LogP contribution in [0.4, 0.5) is 4.79 Å². The summed E-state index contributed by atoms with van der Waals surface area (Å²) in [6, 6.07) is -2.74. The monoisotopic (exact) mass is 640 g/mol. The predicted molar refractivity (Wildman–Crippen MR) is 166 cm³/mol. The number of ether oxygens (including phenoxy) is 1. The van der Waals surface area contributed by atoms with E-state index in [1.165, 1.54) is 0 Å². The van der Waals surface area contributed by atoms with Gasteiger partial charge in [0, 0.05) is 16.9 Å². The van der Waals surface area contributed by atoms with Crippen molar-refractivity contribution in [3.63, 3.8) is 0 Å². The van der Waals surface area contributed by atoms with Crippen molar-refractivity contribution in [3.05, 3.63) is 0 Å². The number of aliphatic hydroxyl groups is 2. The van der Waals surface area contributed by atoms with Gasteiger partial charge < -0.3 is 36.2 Å². The molecule has 254 valence electrons. The first kappa shape index (κ1) is 30.9. The summed E-state index contributed by atoms with van der Waals surface area (Å²) in [6.07, 6.45) is 9.28. The van der Waals surface area contributed by atoms with Crippen molar-refractivity contribution in [1.29, 1.82) is 0 Å². The standard InChI is InChI=1S/C35H52N4O7/c1-31(2,3)46-30(43)38-25(32-8-18-4-19(9-32)13-34(44,12-18)16-32)28(41)37-26(29(42)39-23-6-22(23)7-24(39)27(36)40)33-10-20-5-21(11-33)15-35(45,14-20)17-33/h18-26,44-45H,4-17H2,1-3H3,(H2,36,40)(H,37,41)(H,38,43)/t18?,19?,20?,21?,22-,23-,24-,25+,26+,32?,33?,34?,35?/m0/s1. The zero-order valence-electron chi connectivity index (χ0n) is 27.6. The number of primary amides is 1. The lowest BCUT2D eigenvalue weighted by Gasteiger charge is -2.63. The Hall–Kier alpha value is -2.40. The lowest BCUT2D eigenvalue weighted by atomic mass is 9.45. The van der Waals surface area contributed by atoms with Gasteiger partial charge in [-0.2, -0.15) is 0 Å².